The lowest BCUT2D eigenvalue weighted by molar-refractivity contribution is -0.139. The highest BCUT2D eigenvalue weighted by atomic mass is 35.5. The van der Waals surface area contributed by atoms with Crippen molar-refractivity contribution in [3.05, 3.63) is 0 Å². The van der Waals surface area contributed by atoms with Gasteiger partial charge in [-0.1, -0.05) is 0 Å². The van der Waals surface area contributed by atoms with Crippen LogP contribution in [0.15, 0.2) is 0 Å². The number of amides is 1. The van der Waals surface area contributed by atoms with E-state index in [1.807, 2.05) is 18.7 Å². The van der Waals surface area contributed by atoms with Crippen LogP contribution in [0.1, 0.15) is 20.3 Å². The van der Waals surface area contributed by atoms with Gasteiger partial charge in [-0.2, -0.15) is 0 Å². The molecule has 1 rings (SSSR count). The van der Waals surface area contributed by atoms with Crippen LogP contribution in [0.5, 0.6) is 0 Å². The molecule has 0 bridgehead atoms. The van der Waals surface area contributed by atoms with Gasteiger partial charge in [0.15, 0.2) is 0 Å². The molecule has 1 saturated heterocycles. The highest BCUT2D eigenvalue weighted by molar-refractivity contribution is 5.85. The normalized spacial score (nSPS) is 18.9. The Bertz CT molecular complexity index is 233. The average Bonchev–Trinajstić information content (AvgIpc) is 2.42. The van der Waals surface area contributed by atoms with Crippen molar-refractivity contribution in [1.29, 1.82) is 0 Å². The molecule has 0 atom stereocenters. The summed E-state index contributed by atoms with van der Waals surface area (Å²) in [7, 11) is 2.10. The number of nitrogens with two attached hydrogens (primary N) is 1. The molecule has 1 fully saturated rings. The zero-order valence-corrected chi connectivity index (χ0v) is 11.3. The molecule has 0 radical (unpaired) electrons. The van der Waals surface area contributed by atoms with Gasteiger partial charge in [-0.25, -0.2) is 0 Å². The number of hydrogen-bond acceptors (Lipinski definition) is 3. The third kappa shape index (κ3) is 3.92. The van der Waals surface area contributed by atoms with Gasteiger partial charge in [-0.15, -0.1) is 12.4 Å². The van der Waals surface area contributed by atoms with Gasteiger partial charge in [0.25, 0.3) is 0 Å². The molecule has 0 spiro atoms. The van der Waals surface area contributed by atoms with E-state index in [1.165, 1.54) is 0 Å². The van der Waals surface area contributed by atoms with Gasteiger partial charge in [0.1, 0.15) is 0 Å². The quantitative estimate of drug-likeness (QED) is 0.778. The van der Waals surface area contributed by atoms with Crippen LogP contribution in [0.25, 0.3) is 0 Å². The average molecular weight is 250 g/mol. The van der Waals surface area contributed by atoms with Gasteiger partial charge in [0.2, 0.25) is 5.91 Å². The molecule has 0 saturated carbocycles. The number of hydrogen-bond donors (Lipinski definition) is 1. The fraction of sp³-hybridized carbons (Fsp3) is 0.909. The van der Waals surface area contributed by atoms with Crippen molar-refractivity contribution in [1.82, 2.24) is 9.80 Å². The van der Waals surface area contributed by atoms with Crippen LogP contribution in [0.3, 0.4) is 0 Å². The molecule has 5 heteroatoms. The van der Waals surface area contributed by atoms with Gasteiger partial charge in [0.05, 0.1) is 5.41 Å². The summed E-state index contributed by atoms with van der Waals surface area (Å²) in [4.78, 5) is 16.4. The summed E-state index contributed by atoms with van der Waals surface area (Å²) in [6.45, 7) is 8.00. The molecule has 0 aliphatic carbocycles. The van der Waals surface area contributed by atoms with E-state index < -0.39 is 5.41 Å². The largest absolute Gasteiger partial charge is 0.341 e. The van der Waals surface area contributed by atoms with Crippen LogP contribution in [-0.2, 0) is 4.79 Å². The fourth-order valence-electron chi connectivity index (χ4n) is 1.76. The van der Waals surface area contributed by atoms with E-state index in [1.54, 1.807) is 0 Å². The highest BCUT2D eigenvalue weighted by Gasteiger charge is 2.31. The van der Waals surface area contributed by atoms with E-state index in [0.29, 0.717) is 6.54 Å². The number of rotatable bonds is 2. The van der Waals surface area contributed by atoms with Crippen LogP contribution in [0.2, 0.25) is 0 Å². The van der Waals surface area contributed by atoms with Crippen LogP contribution in [-0.4, -0.2) is 55.5 Å². The standard InChI is InChI=1S/C11H23N3O.ClH/c1-11(2,9-12)10(15)14-6-4-5-13(3)7-8-14;/h4-9,12H2,1-3H3;1H. The molecule has 0 aromatic carbocycles. The number of likely N-dealkylation sites (N-methyl/N-ethyl adjacent to an activating group) is 1. The number of carbonyl (C=O) groups excluding carboxylic acids is 1. The summed E-state index contributed by atoms with van der Waals surface area (Å²) in [6, 6.07) is 0. The van der Waals surface area contributed by atoms with E-state index >= 15 is 0 Å². The Hall–Kier alpha value is -0.320. The Morgan fingerprint density at radius 1 is 1.25 bits per heavy atom. The Morgan fingerprint density at radius 2 is 1.88 bits per heavy atom. The number of nitrogens with zero attached hydrogens (tertiary/aromatic N) is 2. The van der Waals surface area contributed by atoms with Crippen LogP contribution in [0, 0.1) is 5.41 Å². The van der Waals surface area contributed by atoms with Crippen LogP contribution in [0.4, 0.5) is 0 Å². The first-order valence-corrected chi connectivity index (χ1v) is 5.65. The fourth-order valence-corrected chi connectivity index (χ4v) is 1.76. The molecule has 96 valence electrons. The van der Waals surface area contributed by atoms with E-state index in [4.69, 9.17) is 5.73 Å². The van der Waals surface area contributed by atoms with Gasteiger partial charge in [-0.3, -0.25) is 4.79 Å². The van der Waals surface area contributed by atoms with Crippen molar-refractivity contribution < 1.29 is 4.79 Å². The molecule has 0 aromatic heterocycles. The molecular weight excluding hydrogens is 226 g/mol. The lowest BCUT2D eigenvalue weighted by Gasteiger charge is -2.30. The Kier molecular flexibility index (Phi) is 6.30. The summed E-state index contributed by atoms with van der Waals surface area (Å²) in [5.41, 5.74) is 5.21. The van der Waals surface area contributed by atoms with Crippen LogP contribution < -0.4 is 5.73 Å². The second kappa shape index (κ2) is 6.42. The second-order valence-corrected chi connectivity index (χ2v) is 5.04. The van der Waals surface area contributed by atoms with Crippen molar-refractivity contribution in [3.63, 3.8) is 0 Å². The third-order valence-electron chi connectivity index (χ3n) is 3.10. The van der Waals surface area contributed by atoms with Gasteiger partial charge in [-0.05, 0) is 33.9 Å². The minimum Gasteiger partial charge on any atom is -0.341 e. The summed E-state index contributed by atoms with van der Waals surface area (Å²) in [6.07, 6.45) is 1.06. The monoisotopic (exact) mass is 249 g/mol. The minimum atomic E-state index is -0.414. The van der Waals surface area contributed by atoms with Gasteiger partial charge >= 0.3 is 0 Å². The Labute approximate surface area is 105 Å². The first kappa shape index (κ1) is 15.7. The van der Waals surface area contributed by atoms with Crippen molar-refractivity contribution >= 4 is 18.3 Å². The van der Waals surface area contributed by atoms with E-state index in [-0.39, 0.29) is 18.3 Å². The van der Waals surface area contributed by atoms with Crippen molar-refractivity contribution in [2.75, 3.05) is 39.8 Å². The Morgan fingerprint density at radius 3 is 2.44 bits per heavy atom. The maximum Gasteiger partial charge on any atom is 0.229 e. The second-order valence-electron chi connectivity index (χ2n) is 5.04. The van der Waals surface area contributed by atoms with E-state index in [9.17, 15) is 4.79 Å². The summed E-state index contributed by atoms with van der Waals surface area (Å²) < 4.78 is 0. The van der Waals surface area contributed by atoms with Crippen LogP contribution >= 0.6 is 12.4 Å². The molecule has 0 unspecified atom stereocenters. The topological polar surface area (TPSA) is 49.6 Å². The first-order valence-electron chi connectivity index (χ1n) is 5.65. The highest BCUT2D eigenvalue weighted by Crippen LogP contribution is 2.18. The lowest BCUT2D eigenvalue weighted by atomic mass is 9.92. The molecule has 1 amide bonds. The van der Waals surface area contributed by atoms with E-state index in [2.05, 4.69) is 11.9 Å². The zero-order chi connectivity index (χ0) is 11.5. The lowest BCUT2D eigenvalue weighted by Crippen LogP contribution is -2.45. The third-order valence-corrected chi connectivity index (χ3v) is 3.10. The maximum atomic E-state index is 12.1. The molecule has 4 nitrogen and oxygen atoms in total. The van der Waals surface area contributed by atoms with Crippen molar-refractivity contribution in [2.45, 2.75) is 20.3 Å². The Balaban J connectivity index is 0.00000225. The smallest absolute Gasteiger partial charge is 0.229 e. The number of halogens is 1. The maximum absolute atomic E-state index is 12.1. The SMILES string of the molecule is CN1CCCN(C(=O)C(C)(C)CN)CC1.Cl. The van der Waals surface area contributed by atoms with Crippen molar-refractivity contribution in [3.8, 4) is 0 Å². The molecule has 1 aliphatic heterocycles. The van der Waals surface area contributed by atoms with Gasteiger partial charge in [0, 0.05) is 26.2 Å². The molecule has 2 N–H and O–H groups in total. The number of carbonyl (C=O) groups is 1. The first-order chi connectivity index (χ1) is 6.97. The molecule has 1 aliphatic rings. The molecular formula is C11H24ClN3O. The predicted molar refractivity (Wildman–Crippen MR) is 68.8 cm³/mol. The molecule has 16 heavy (non-hydrogen) atoms. The molecule has 1 heterocycles. The van der Waals surface area contributed by atoms with Crippen molar-refractivity contribution in [2.24, 2.45) is 11.1 Å². The summed E-state index contributed by atoms with van der Waals surface area (Å²) in [5, 5.41) is 0. The minimum absolute atomic E-state index is 0. The van der Waals surface area contributed by atoms with E-state index in [0.717, 1.165) is 32.6 Å². The predicted octanol–water partition coefficient (Wildman–Crippen LogP) is 0.557. The summed E-state index contributed by atoms with van der Waals surface area (Å²) in [5.74, 6) is 0.195. The molecule has 0 aromatic rings. The zero-order valence-electron chi connectivity index (χ0n) is 10.5. The summed E-state index contributed by atoms with van der Waals surface area (Å²) >= 11 is 0. The van der Waals surface area contributed by atoms with Gasteiger partial charge < -0.3 is 15.5 Å².